The summed E-state index contributed by atoms with van der Waals surface area (Å²) >= 11 is 0. The number of nitrogens with one attached hydrogen (secondary N) is 2. The van der Waals surface area contributed by atoms with Crippen LogP contribution in [-0.2, 0) is 4.79 Å². The van der Waals surface area contributed by atoms with Crippen molar-refractivity contribution in [2.24, 2.45) is 0 Å². The predicted octanol–water partition coefficient (Wildman–Crippen LogP) is 1.21. The summed E-state index contributed by atoms with van der Waals surface area (Å²) in [6.07, 6.45) is 1.05. The normalized spacial score (nSPS) is 16.7. The van der Waals surface area contributed by atoms with Crippen molar-refractivity contribution in [1.82, 2.24) is 20.4 Å². The Morgan fingerprint density at radius 2 is 1.78 bits per heavy atom. The summed E-state index contributed by atoms with van der Waals surface area (Å²) in [4.78, 5) is 27.5. The van der Waals surface area contributed by atoms with Gasteiger partial charge in [0.2, 0.25) is 5.91 Å². The highest BCUT2D eigenvalue weighted by Crippen LogP contribution is 2.25. The Hall–Kier alpha value is -2.08. The zero-order valence-corrected chi connectivity index (χ0v) is 13.9. The number of piperazine rings is 1. The van der Waals surface area contributed by atoms with Crippen LogP contribution in [0.4, 0.5) is 4.79 Å². The third kappa shape index (κ3) is 4.69. The fourth-order valence-corrected chi connectivity index (χ4v) is 3.02. The molecule has 1 aromatic carbocycles. The minimum Gasteiger partial charge on any atom is -0.341 e. The minimum absolute atomic E-state index is 0.0268. The molecule has 0 saturated carbocycles. The number of hydrogen-bond acceptors (Lipinski definition) is 3. The largest absolute Gasteiger partial charge is 0.341 e. The predicted molar refractivity (Wildman–Crippen MR) is 90.1 cm³/mol. The first kappa shape index (κ1) is 17.3. The molecule has 6 heteroatoms. The molecule has 1 aromatic rings. The van der Waals surface area contributed by atoms with Crippen LogP contribution in [0.2, 0.25) is 0 Å². The van der Waals surface area contributed by atoms with Gasteiger partial charge in [-0.05, 0) is 12.0 Å². The molecule has 0 aromatic heterocycles. The summed E-state index contributed by atoms with van der Waals surface area (Å²) in [5, 5.41) is 4.99. The van der Waals surface area contributed by atoms with Crippen LogP contribution in [0.5, 0.6) is 0 Å². The van der Waals surface area contributed by atoms with E-state index in [4.69, 9.17) is 0 Å². The monoisotopic (exact) mass is 318 g/mol. The van der Waals surface area contributed by atoms with Gasteiger partial charge in [-0.15, -0.1) is 0 Å². The van der Waals surface area contributed by atoms with Gasteiger partial charge in [0, 0.05) is 39.3 Å². The van der Waals surface area contributed by atoms with Crippen LogP contribution < -0.4 is 10.6 Å². The number of urea groups is 1. The number of amides is 3. The molecule has 126 valence electrons. The van der Waals surface area contributed by atoms with Crippen molar-refractivity contribution in [2.75, 3.05) is 39.8 Å². The average Bonchev–Trinajstić information content (AvgIpc) is 2.61. The van der Waals surface area contributed by atoms with Crippen molar-refractivity contribution in [1.29, 1.82) is 0 Å². The van der Waals surface area contributed by atoms with Crippen LogP contribution in [-0.4, -0.2) is 61.5 Å². The molecule has 1 aliphatic heterocycles. The second-order valence-corrected chi connectivity index (χ2v) is 5.68. The average molecular weight is 318 g/mol. The van der Waals surface area contributed by atoms with E-state index in [1.54, 1.807) is 0 Å². The van der Waals surface area contributed by atoms with Crippen LogP contribution in [0, 0.1) is 0 Å². The molecule has 0 unspecified atom stereocenters. The standard InChI is InChI=1S/C17H26N4O2/c1-3-15(14-7-5-4-6-8-14)20-9-11-21(12-10-20)16(22)13-19-17(23)18-2/h4-8,15H,3,9-13H2,1-2H3,(H2,18,19,23)/t15-/m0/s1. The number of benzene rings is 1. The summed E-state index contributed by atoms with van der Waals surface area (Å²) < 4.78 is 0. The first-order valence-electron chi connectivity index (χ1n) is 8.18. The zero-order valence-electron chi connectivity index (χ0n) is 13.9. The summed E-state index contributed by atoms with van der Waals surface area (Å²) in [7, 11) is 1.53. The third-order valence-corrected chi connectivity index (χ3v) is 4.31. The molecule has 0 spiro atoms. The molecule has 0 aliphatic carbocycles. The summed E-state index contributed by atoms with van der Waals surface area (Å²) in [6.45, 7) is 5.38. The summed E-state index contributed by atoms with van der Waals surface area (Å²) in [6, 6.07) is 10.6. The molecule has 1 aliphatic rings. The van der Waals surface area contributed by atoms with Crippen LogP contribution >= 0.6 is 0 Å². The first-order chi connectivity index (χ1) is 11.2. The lowest BCUT2D eigenvalue weighted by Gasteiger charge is -2.39. The molecule has 2 N–H and O–H groups in total. The highest BCUT2D eigenvalue weighted by atomic mass is 16.2. The molecular formula is C17H26N4O2. The van der Waals surface area contributed by atoms with Gasteiger partial charge in [-0.2, -0.15) is 0 Å². The summed E-state index contributed by atoms with van der Waals surface area (Å²) in [5.41, 5.74) is 1.33. The maximum atomic E-state index is 12.1. The van der Waals surface area contributed by atoms with Crippen molar-refractivity contribution in [3.8, 4) is 0 Å². The van der Waals surface area contributed by atoms with Gasteiger partial charge >= 0.3 is 6.03 Å². The van der Waals surface area contributed by atoms with Crippen molar-refractivity contribution < 1.29 is 9.59 Å². The lowest BCUT2D eigenvalue weighted by molar-refractivity contribution is -0.132. The maximum absolute atomic E-state index is 12.1. The van der Waals surface area contributed by atoms with Crippen molar-refractivity contribution in [2.45, 2.75) is 19.4 Å². The Morgan fingerprint density at radius 3 is 2.35 bits per heavy atom. The van der Waals surface area contributed by atoms with Crippen molar-refractivity contribution in [3.63, 3.8) is 0 Å². The van der Waals surface area contributed by atoms with Gasteiger partial charge in [-0.3, -0.25) is 9.69 Å². The second kappa shape index (κ2) is 8.53. The molecule has 0 radical (unpaired) electrons. The first-order valence-corrected chi connectivity index (χ1v) is 8.18. The fraction of sp³-hybridized carbons (Fsp3) is 0.529. The maximum Gasteiger partial charge on any atom is 0.314 e. The van der Waals surface area contributed by atoms with E-state index in [1.165, 1.54) is 12.6 Å². The lowest BCUT2D eigenvalue weighted by Crippen LogP contribution is -2.52. The van der Waals surface area contributed by atoms with Crippen LogP contribution in [0.3, 0.4) is 0 Å². The molecule has 1 fully saturated rings. The molecule has 2 rings (SSSR count). The van der Waals surface area contributed by atoms with E-state index >= 15 is 0 Å². The molecule has 1 atom stereocenters. The molecule has 23 heavy (non-hydrogen) atoms. The highest BCUT2D eigenvalue weighted by molar-refractivity contribution is 5.83. The van der Waals surface area contributed by atoms with E-state index in [0.717, 1.165) is 19.5 Å². The van der Waals surface area contributed by atoms with E-state index in [-0.39, 0.29) is 18.5 Å². The van der Waals surface area contributed by atoms with Gasteiger partial charge < -0.3 is 15.5 Å². The Kier molecular flexibility index (Phi) is 6.40. The van der Waals surface area contributed by atoms with Gasteiger partial charge in [0.25, 0.3) is 0 Å². The smallest absolute Gasteiger partial charge is 0.314 e. The van der Waals surface area contributed by atoms with E-state index < -0.39 is 0 Å². The number of hydrogen-bond donors (Lipinski definition) is 2. The molecule has 6 nitrogen and oxygen atoms in total. The molecule has 0 bridgehead atoms. The molecule has 1 saturated heterocycles. The van der Waals surface area contributed by atoms with Gasteiger partial charge in [-0.1, -0.05) is 37.3 Å². The van der Waals surface area contributed by atoms with Crippen LogP contribution in [0.1, 0.15) is 24.9 Å². The Balaban J connectivity index is 1.85. The zero-order chi connectivity index (χ0) is 16.7. The van der Waals surface area contributed by atoms with E-state index in [9.17, 15) is 9.59 Å². The SMILES string of the molecule is CC[C@@H](c1ccccc1)N1CCN(C(=O)CNC(=O)NC)CC1. The number of nitrogens with zero attached hydrogens (tertiary/aromatic N) is 2. The Bertz CT molecular complexity index is 513. The van der Waals surface area contributed by atoms with Gasteiger partial charge in [-0.25, -0.2) is 4.79 Å². The highest BCUT2D eigenvalue weighted by Gasteiger charge is 2.26. The van der Waals surface area contributed by atoms with Crippen LogP contribution in [0.15, 0.2) is 30.3 Å². The third-order valence-electron chi connectivity index (χ3n) is 4.31. The molecule has 1 heterocycles. The van der Waals surface area contributed by atoms with E-state index in [2.05, 4.69) is 46.7 Å². The quantitative estimate of drug-likeness (QED) is 0.858. The van der Waals surface area contributed by atoms with E-state index in [0.29, 0.717) is 19.1 Å². The van der Waals surface area contributed by atoms with Gasteiger partial charge in [0.1, 0.15) is 0 Å². The Morgan fingerprint density at radius 1 is 1.13 bits per heavy atom. The van der Waals surface area contributed by atoms with Gasteiger partial charge in [0.15, 0.2) is 0 Å². The Labute approximate surface area is 137 Å². The second-order valence-electron chi connectivity index (χ2n) is 5.68. The minimum atomic E-state index is -0.327. The fourth-order valence-electron chi connectivity index (χ4n) is 3.02. The molecular weight excluding hydrogens is 292 g/mol. The number of rotatable bonds is 5. The van der Waals surface area contributed by atoms with E-state index in [1.807, 2.05) is 11.0 Å². The summed E-state index contributed by atoms with van der Waals surface area (Å²) in [5.74, 6) is -0.0268. The lowest BCUT2D eigenvalue weighted by atomic mass is 10.0. The number of carbonyl (C=O) groups excluding carboxylic acids is 2. The molecule has 3 amide bonds. The van der Waals surface area contributed by atoms with Crippen LogP contribution in [0.25, 0.3) is 0 Å². The topological polar surface area (TPSA) is 64.7 Å². The number of carbonyl (C=O) groups is 2. The van der Waals surface area contributed by atoms with Crippen molar-refractivity contribution in [3.05, 3.63) is 35.9 Å². The van der Waals surface area contributed by atoms with Crippen molar-refractivity contribution >= 4 is 11.9 Å². The van der Waals surface area contributed by atoms with Gasteiger partial charge in [0.05, 0.1) is 6.54 Å².